The lowest BCUT2D eigenvalue weighted by Crippen LogP contribution is -2.35. The van der Waals surface area contributed by atoms with Crippen molar-refractivity contribution < 1.29 is 19.1 Å². The highest BCUT2D eigenvalue weighted by atomic mass is 32.1. The molecule has 4 aromatic rings. The summed E-state index contributed by atoms with van der Waals surface area (Å²) in [6.45, 7) is 4.08. The molecule has 0 radical (unpaired) electrons. The molecule has 2 heterocycles. The molecule has 0 unspecified atom stereocenters. The van der Waals surface area contributed by atoms with Crippen molar-refractivity contribution in [2.45, 2.75) is 6.54 Å². The van der Waals surface area contributed by atoms with Crippen molar-refractivity contribution in [1.82, 2.24) is 9.88 Å². The second-order valence-electron chi connectivity index (χ2n) is 8.65. The van der Waals surface area contributed by atoms with Gasteiger partial charge >= 0.3 is 0 Å². The van der Waals surface area contributed by atoms with Gasteiger partial charge in [-0.3, -0.25) is 14.5 Å². The summed E-state index contributed by atoms with van der Waals surface area (Å²) in [5.74, 6) is -0.271. The molecular weight excluding hydrogens is 490 g/mol. The molecule has 37 heavy (non-hydrogen) atoms. The Labute approximate surface area is 218 Å². The van der Waals surface area contributed by atoms with Gasteiger partial charge in [-0.1, -0.05) is 35.6 Å². The zero-order valence-electron chi connectivity index (χ0n) is 20.3. The van der Waals surface area contributed by atoms with E-state index in [2.05, 4.69) is 20.5 Å². The number of thiazole rings is 1. The summed E-state index contributed by atoms with van der Waals surface area (Å²) in [7, 11) is 1.63. The molecule has 0 atom stereocenters. The van der Waals surface area contributed by atoms with E-state index in [0.717, 1.165) is 72.0 Å². The average molecular weight is 518 g/mol. The van der Waals surface area contributed by atoms with E-state index in [0.29, 0.717) is 15.7 Å². The van der Waals surface area contributed by atoms with Crippen LogP contribution in [0.2, 0.25) is 0 Å². The second kappa shape index (κ2) is 11.0. The lowest BCUT2D eigenvalue weighted by Gasteiger charge is -2.26. The third-order valence-corrected chi connectivity index (χ3v) is 7.00. The monoisotopic (exact) mass is 517 g/mol. The fourth-order valence-corrected chi connectivity index (χ4v) is 5.02. The molecule has 10 heteroatoms. The molecule has 190 valence electrons. The Morgan fingerprint density at radius 1 is 1.05 bits per heavy atom. The Balaban J connectivity index is 1.28. The highest BCUT2D eigenvalue weighted by Crippen LogP contribution is 2.32. The van der Waals surface area contributed by atoms with E-state index in [1.54, 1.807) is 19.2 Å². The van der Waals surface area contributed by atoms with Gasteiger partial charge in [0.05, 0.1) is 20.3 Å². The van der Waals surface area contributed by atoms with Crippen LogP contribution < -0.4 is 21.1 Å². The zero-order valence-corrected chi connectivity index (χ0v) is 21.1. The van der Waals surface area contributed by atoms with Gasteiger partial charge < -0.3 is 25.8 Å². The number of nitrogens with one attached hydrogen (secondary N) is 2. The first-order valence-electron chi connectivity index (χ1n) is 11.8. The Hall–Kier alpha value is -3.99. The first-order chi connectivity index (χ1) is 18.0. The van der Waals surface area contributed by atoms with Gasteiger partial charge in [-0.05, 0) is 52.7 Å². The third kappa shape index (κ3) is 5.88. The molecule has 0 saturated carbocycles. The zero-order chi connectivity index (χ0) is 25.8. The van der Waals surface area contributed by atoms with Crippen LogP contribution in [0, 0.1) is 0 Å². The minimum Gasteiger partial charge on any atom is -0.497 e. The van der Waals surface area contributed by atoms with Crippen LogP contribution in [0.1, 0.15) is 26.4 Å². The maximum atomic E-state index is 12.9. The predicted molar refractivity (Wildman–Crippen MR) is 145 cm³/mol. The Bertz CT molecular complexity index is 1430. The van der Waals surface area contributed by atoms with E-state index in [9.17, 15) is 9.59 Å². The molecule has 3 aromatic carbocycles. The van der Waals surface area contributed by atoms with E-state index in [-0.39, 0.29) is 11.6 Å². The second-order valence-corrected chi connectivity index (χ2v) is 9.65. The van der Waals surface area contributed by atoms with Crippen molar-refractivity contribution >= 4 is 49.7 Å². The largest absolute Gasteiger partial charge is 0.497 e. The van der Waals surface area contributed by atoms with Crippen LogP contribution in [0.25, 0.3) is 10.8 Å². The minimum absolute atomic E-state index is 0.00955. The number of fused-ring (bicyclic) bond motifs is 1. The summed E-state index contributed by atoms with van der Waals surface area (Å²) in [6, 6.07) is 19.1. The summed E-state index contributed by atoms with van der Waals surface area (Å²) in [5, 5.41) is 8.78. The van der Waals surface area contributed by atoms with E-state index in [1.165, 1.54) is 0 Å². The number of ether oxygens (including phenoxy) is 2. The highest BCUT2D eigenvalue weighted by Gasteiger charge is 2.19. The number of hydrogen-bond acceptors (Lipinski definition) is 8. The number of carbonyl (C=O) groups is 2. The lowest BCUT2D eigenvalue weighted by atomic mass is 10.1. The number of anilines is 3. The van der Waals surface area contributed by atoms with Crippen molar-refractivity contribution in [3.05, 3.63) is 77.5 Å². The standard InChI is InChI=1S/C27H27N5O4S/c1-35-22-9-7-19-14-21(8-6-20(19)15-22)29-27-30-23(24(28)33)26(37-27)31-25(34)18-4-2-17(3-5-18)16-32-10-12-36-13-11-32/h2-9,14-15H,10-13,16H2,1H3,(H2,28,33)(H,29,30)(H,31,34). The van der Waals surface area contributed by atoms with Crippen LogP contribution in [0.4, 0.5) is 15.8 Å². The molecule has 1 fully saturated rings. The normalized spacial score (nSPS) is 13.9. The van der Waals surface area contributed by atoms with Gasteiger partial charge in [0.1, 0.15) is 10.8 Å². The molecule has 1 aromatic heterocycles. The topological polar surface area (TPSA) is 119 Å². The molecule has 1 aliphatic heterocycles. The predicted octanol–water partition coefficient (Wildman–Crippen LogP) is 4.23. The van der Waals surface area contributed by atoms with Crippen LogP contribution in [0.3, 0.4) is 0 Å². The van der Waals surface area contributed by atoms with Gasteiger partial charge in [0.15, 0.2) is 10.8 Å². The molecule has 4 N–H and O–H groups in total. The molecule has 0 aliphatic carbocycles. The van der Waals surface area contributed by atoms with Crippen LogP contribution in [-0.4, -0.2) is 55.1 Å². The maximum Gasteiger partial charge on any atom is 0.270 e. The van der Waals surface area contributed by atoms with Crippen molar-refractivity contribution in [2.75, 3.05) is 44.0 Å². The number of carbonyl (C=O) groups excluding carboxylic acids is 2. The molecule has 0 spiro atoms. The van der Waals surface area contributed by atoms with Crippen molar-refractivity contribution in [3.8, 4) is 5.75 Å². The number of rotatable bonds is 8. The van der Waals surface area contributed by atoms with Crippen molar-refractivity contribution in [1.29, 1.82) is 0 Å². The van der Waals surface area contributed by atoms with Gasteiger partial charge in [-0.15, -0.1) is 0 Å². The number of amides is 2. The molecule has 1 aliphatic rings. The molecular formula is C27H27N5O4S. The number of benzene rings is 3. The first kappa shape index (κ1) is 24.7. The lowest BCUT2D eigenvalue weighted by molar-refractivity contribution is 0.0342. The van der Waals surface area contributed by atoms with Crippen LogP contribution >= 0.6 is 11.3 Å². The first-order valence-corrected chi connectivity index (χ1v) is 12.7. The van der Waals surface area contributed by atoms with Gasteiger partial charge in [0.25, 0.3) is 11.8 Å². The smallest absolute Gasteiger partial charge is 0.270 e. The van der Waals surface area contributed by atoms with Crippen LogP contribution in [0.5, 0.6) is 5.75 Å². The number of hydrogen-bond donors (Lipinski definition) is 3. The quantitative estimate of drug-likeness (QED) is 0.320. The van der Waals surface area contributed by atoms with Gasteiger partial charge in [0, 0.05) is 30.9 Å². The van der Waals surface area contributed by atoms with E-state index in [1.807, 2.05) is 48.5 Å². The molecule has 2 amide bonds. The highest BCUT2D eigenvalue weighted by molar-refractivity contribution is 7.20. The number of primary amides is 1. The third-order valence-electron chi connectivity index (χ3n) is 6.11. The summed E-state index contributed by atoms with van der Waals surface area (Å²) in [4.78, 5) is 31.6. The SMILES string of the molecule is COc1ccc2cc(Nc3nc(C(N)=O)c(NC(=O)c4ccc(CN5CCOCC5)cc4)s3)ccc2c1. The van der Waals surface area contributed by atoms with Crippen molar-refractivity contribution in [3.63, 3.8) is 0 Å². The van der Waals surface area contributed by atoms with E-state index >= 15 is 0 Å². The van der Waals surface area contributed by atoms with Crippen LogP contribution in [0.15, 0.2) is 60.7 Å². The molecule has 5 rings (SSSR count). The molecule has 1 saturated heterocycles. The van der Waals surface area contributed by atoms with Crippen LogP contribution in [-0.2, 0) is 11.3 Å². The summed E-state index contributed by atoms with van der Waals surface area (Å²) in [6.07, 6.45) is 0. The van der Waals surface area contributed by atoms with Crippen molar-refractivity contribution in [2.24, 2.45) is 5.73 Å². The summed E-state index contributed by atoms with van der Waals surface area (Å²) < 4.78 is 10.7. The Morgan fingerprint density at radius 3 is 2.51 bits per heavy atom. The van der Waals surface area contributed by atoms with Gasteiger partial charge in [-0.2, -0.15) is 0 Å². The maximum absolute atomic E-state index is 12.9. The number of nitrogens with two attached hydrogens (primary N) is 1. The average Bonchev–Trinajstić information content (AvgIpc) is 3.31. The number of nitrogens with zero attached hydrogens (tertiary/aromatic N) is 2. The van der Waals surface area contributed by atoms with Gasteiger partial charge in [-0.25, -0.2) is 4.98 Å². The number of morpholine rings is 1. The Morgan fingerprint density at radius 2 is 1.78 bits per heavy atom. The summed E-state index contributed by atoms with van der Waals surface area (Å²) >= 11 is 1.15. The van der Waals surface area contributed by atoms with Gasteiger partial charge in [0.2, 0.25) is 0 Å². The molecule has 9 nitrogen and oxygen atoms in total. The number of aromatic nitrogens is 1. The molecule has 0 bridgehead atoms. The summed E-state index contributed by atoms with van der Waals surface area (Å²) in [5.41, 5.74) is 7.94. The fourth-order valence-electron chi connectivity index (χ4n) is 4.13. The Kier molecular flexibility index (Phi) is 7.31. The van der Waals surface area contributed by atoms with E-state index in [4.69, 9.17) is 15.2 Å². The fraction of sp³-hybridized carbons (Fsp3) is 0.222. The number of methoxy groups -OCH3 is 1. The van der Waals surface area contributed by atoms with E-state index < -0.39 is 5.91 Å². The minimum atomic E-state index is -0.717.